The molecule has 0 bridgehead atoms. The van der Waals surface area contributed by atoms with Crippen molar-refractivity contribution in [2.45, 2.75) is 77.6 Å². The maximum absolute atomic E-state index is 11.4. The zero-order valence-corrected chi connectivity index (χ0v) is 17.0. The molecular weight excluding hydrogens is 296 g/mol. The van der Waals surface area contributed by atoms with Crippen molar-refractivity contribution in [3.63, 3.8) is 0 Å². The van der Waals surface area contributed by atoms with E-state index in [0.717, 1.165) is 24.0 Å². The molecule has 0 saturated heterocycles. The van der Waals surface area contributed by atoms with E-state index in [2.05, 4.69) is 27.6 Å². The van der Waals surface area contributed by atoms with Gasteiger partial charge in [0.2, 0.25) is 5.91 Å². The van der Waals surface area contributed by atoms with Crippen LogP contribution in [0.25, 0.3) is 0 Å². The molecule has 0 saturated carbocycles. The normalized spacial score (nSPS) is 11.5. The van der Waals surface area contributed by atoms with Gasteiger partial charge in [0, 0.05) is 20.0 Å². The lowest BCUT2D eigenvalue weighted by molar-refractivity contribution is -0.890. The van der Waals surface area contributed by atoms with Gasteiger partial charge >= 0.3 is 0 Å². The van der Waals surface area contributed by atoms with Crippen molar-refractivity contribution >= 4 is 5.91 Å². The van der Waals surface area contributed by atoms with Crippen molar-refractivity contribution in [3.8, 4) is 0 Å². The number of amides is 1. The third kappa shape index (κ3) is 13.6. The number of carbonyl (C=O) groups excluding carboxylic acids is 1. The summed E-state index contributed by atoms with van der Waals surface area (Å²) in [5, 5.41) is 0. The summed E-state index contributed by atoms with van der Waals surface area (Å²) in [6.45, 7) is 9.01. The summed E-state index contributed by atoms with van der Waals surface area (Å²) < 4.78 is 1.06. The van der Waals surface area contributed by atoms with E-state index < -0.39 is 0 Å². The van der Waals surface area contributed by atoms with Gasteiger partial charge in [0.15, 0.2) is 0 Å². The summed E-state index contributed by atoms with van der Waals surface area (Å²) in [6.07, 6.45) is 16.4. The molecule has 0 N–H and O–H groups in total. The predicted molar refractivity (Wildman–Crippen MR) is 106 cm³/mol. The number of unbranched alkanes of at least 4 members (excludes halogenated alkanes) is 9. The maximum Gasteiger partial charge on any atom is 0.245 e. The second-order valence-electron chi connectivity index (χ2n) is 7.88. The largest absolute Gasteiger partial charge is 0.342 e. The first-order valence-corrected chi connectivity index (χ1v) is 10.1. The fourth-order valence-corrected chi connectivity index (χ4v) is 3.14. The lowest BCUT2D eigenvalue weighted by Gasteiger charge is -2.30. The Morgan fingerprint density at radius 1 is 0.875 bits per heavy atom. The van der Waals surface area contributed by atoms with E-state index in [1.165, 1.54) is 76.8 Å². The van der Waals surface area contributed by atoms with Gasteiger partial charge in [0.1, 0.15) is 0 Å². The highest BCUT2D eigenvalue weighted by molar-refractivity contribution is 5.86. The highest BCUT2D eigenvalue weighted by Crippen LogP contribution is 2.12. The van der Waals surface area contributed by atoms with Crippen LogP contribution in [0.5, 0.6) is 0 Å². The first kappa shape index (κ1) is 23.2. The molecule has 0 aliphatic carbocycles. The maximum atomic E-state index is 11.4. The monoisotopic (exact) mass is 339 g/mol. The molecule has 0 aromatic carbocycles. The number of hydrogen-bond acceptors (Lipinski definition) is 1. The first-order valence-electron chi connectivity index (χ1n) is 10.1. The number of likely N-dealkylation sites (N-methyl/N-ethyl adjacent to an activating group) is 1. The Balaban J connectivity index is 3.53. The molecule has 0 rings (SSSR count). The van der Waals surface area contributed by atoms with Gasteiger partial charge in [-0.1, -0.05) is 64.9 Å². The molecule has 1 amide bonds. The molecular formula is C21H43N2O+. The number of hydrogen-bond donors (Lipinski definition) is 0. The van der Waals surface area contributed by atoms with Gasteiger partial charge in [-0.05, 0) is 18.9 Å². The Morgan fingerprint density at radius 3 is 1.83 bits per heavy atom. The van der Waals surface area contributed by atoms with Crippen molar-refractivity contribution in [1.82, 2.24) is 4.90 Å². The Bertz CT molecular complexity index is 326. The fourth-order valence-electron chi connectivity index (χ4n) is 3.14. The second kappa shape index (κ2) is 14.5. The van der Waals surface area contributed by atoms with Crippen LogP contribution in [0.15, 0.2) is 12.7 Å². The standard InChI is InChI=1S/C21H43N2O/c1-6-8-9-10-11-12-13-14-15-16-19-23(4,5)20-17-18-22(3)21(24)7-2/h7H,2,6,8-20H2,1,3-5H3/q+1. The SMILES string of the molecule is C=CC(=O)N(C)CCC[N+](C)(C)CCCCCCCCCCCC. The molecule has 3 heteroatoms. The Kier molecular flexibility index (Phi) is 14.0. The number of carbonyl (C=O) groups is 1. The zero-order valence-electron chi connectivity index (χ0n) is 17.0. The quantitative estimate of drug-likeness (QED) is 0.220. The lowest BCUT2D eigenvalue weighted by Crippen LogP contribution is -2.42. The van der Waals surface area contributed by atoms with E-state index >= 15 is 0 Å². The number of nitrogens with zero attached hydrogens (tertiary/aromatic N) is 2. The molecule has 0 aromatic heterocycles. The predicted octanol–water partition coefficient (Wildman–Crippen LogP) is 5.02. The van der Waals surface area contributed by atoms with Gasteiger partial charge in [0.05, 0.1) is 27.2 Å². The first-order chi connectivity index (χ1) is 11.4. The van der Waals surface area contributed by atoms with Crippen molar-refractivity contribution < 1.29 is 9.28 Å². The van der Waals surface area contributed by atoms with Crippen LogP contribution >= 0.6 is 0 Å². The average Bonchev–Trinajstić information content (AvgIpc) is 2.55. The van der Waals surface area contributed by atoms with E-state index in [-0.39, 0.29) is 5.91 Å². The summed E-state index contributed by atoms with van der Waals surface area (Å²) in [5.74, 6) is 0.0231. The van der Waals surface area contributed by atoms with Gasteiger partial charge in [-0.15, -0.1) is 0 Å². The molecule has 24 heavy (non-hydrogen) atoms. The van der Waals surface area contributed by atoms with Gasteiger partial charge in [-0.2, -0.15) is 0 Å². The van der Waals surface area contributed by atoms with Crippen LogP contribution in [0.4, 0.5) is 0 Å². The summed E-state index contributed by atoms with van der Waals surface area (Å²) in [7, 11) is 6.47. The molecule has 3 nitrogen and oxygen atoms in total. The summed E-state index contributed by atoms with van der Waals surface area (Å²) in [5.41, 5.74) is 0. The van der Waals surface area contributed by atoms with Crippen molar-refractivity contribution in [2.24, 2.45) is 0 Å². The molecule has 0 radical (unpaired) electrons. The summed E-state index contributed by atoms with van der Waals surface area (Å²) >= 11 is 0. The fraction of sp³-hybridized carbons (Fsp3) is 0.857. The molecule has 0 spiro atoms. The molecule has 0 aliphatic heterocycles. The van der Waals surface area contributed by atoms with Gasteiger partial charge in [-0.3, -0.25) is 4.79 Å². The van der Waals surface area contributed by atoms with E-state index in [4.69, 9.17) is 0 Å². The Morgan fingerprint density at radius 2 is 1.33 bits per heavy atom. The number of rotatable bonds is 16. The van der Waals surface area contributed by atoms with Crippen LogP contribution in [0.1, 0.15) is 77.6 Å². The summed E-state index contributed by atoms with van der Waals surface area (Å²) in [6, 6.07) is 0. The van der Waals surface area contributed by atoms with E-state index in [1.807, 2.05) is 7.05 Å². The molecule has 0 aliphatic rings. The van der Waals surface area contributed by atoms with Crippen molar-refractivity contribution in [1.29, 1.82) is 0 Å². The highest BCUT2D eigenvalue weighted by atomic mass is 16.2. The van der Waals surface area contributed by atoms with Crippen LogP contribution in [0, 0.1) is 0 Å². The molecule has 142 valence electrons. The van der Waals surface area contributed by atoms with Gasteiger partial charge in [-0.25, -0.2) is 0 Å². The van der Waals surface area contributed by atoms with Crippen LogP contribution in [-0.2, 0) is 4.79 Å². The molecule has 0 atom stereocenters. The van der Waals surface area contributed by atoms with E-state index in [1.54, 1.807) is 4.90 Å². The Hall–Kier alpha value is -0.830. The average molecular weight is 340 g/mol. The lowest BCUT2D eigenvalue weighted by atomic mass is 10.1. The van der Waals surface area contributed by atoms with Crippen molar-refractivity contribution in [3.05, 3.63) is 12.7 Å². The molecule has 0 fully saturated rings. The van der Waals surface area contributed by atoms with Crippen LogP contribution < -0.4 is 0 Å². The third-order valence-electron chi connectivity index (χ3n) is 4.92. The van der Waals surface area contributed by atoms with Gasteiger partial charge in [0.25, 0.3) is 0 Å². The van der Waals surface area contributed by atoms with E-state index in [9.17, 15) is 4.79 Å². The Labute approximate surface area is 151 Å². The third-order valence-corrected chi connectivity index (χ3v) is 4.92. The van der Waals surface area contributed by atoms with Crippen molar-refractivity contribution in [2.75, 3.05) is 40.8 Å². The van der Waals surface area contributed by atoms with E-state index in [0.29, 0.717) is 0 Å². The summed E-state index contributed by atoms with van der Waals surface area (Å²) in [4.78, 5) is 13.2. The smallest absolute Gasteiger partial charge is 0.245 e. The minimum Gasteiger partial charge on any atom is -0.342 e. The molecule has 0 unspecified atom stereocenters. The highest BCUT2D eigenvalue weighted by Gasteiger charge is 2.15. The van der Waals surface area contributed by atoms with Crippen LogP contribution in [0.3, 0.4) is 0 Å². The second-order valence-corrected chi connectivity index (χ2v) is 7.88. The zero-order chi connectivity index (χ0) is 18.3. The molecule has 0 aromatic rings. The van der Waals surface area contributed by atoms with Gasteiger partial charge < -0.3 is 9.38 Å². The topological polar surface area (TPSA) is 20.3 Å². The minimum absolute atomic E-state index is 0.0231. The number of quaternary nitrogens is 1. The van der Waals surface area contributed by atoms with Crippen LogP contribution in [-0.4, -0.2) is 56.1 Å². The minimum atomic E-state index is 0.0231. The van der Waals surface area contributed by atoms with Crippen LogP contribution in [0.2, 0.25) is 0 Å². The molecule has 0 heterocycles.